The second-order valence-electron chi connectivity index (χ2n) is 5.24. The van der Waals surface area contributed by atoms with Gasteiger partial charge in [0.15, 0.2) is 0 Å². The van der Waals surface area contributed by atoms with Gasteiger partial charge >= 0.3 is 0 Å². The Morgan fingerprint density at radius 2 is 1.89 bits per heavy atom. The van der Waals surface area contributed by atoms with Gasteiger partial charge in [0.05, 0.1) is 0 Å². The van der Waals surface area contributed by atoms with Gasteiger partial charge in [0.1, 0.15) is 0 Å². The standard InChI is InChI=1S/C15H24N2S/c1-4-14(16)13-7-5-6-8-15(13)17-9-11(2)18-12(3)10-17/h5-8,11-12,14H,4,9-10,16H2,1-3H3/t11?,12?,14-/m1/s1. The molecule has 2 nitrogen and oxygen atoms in total. The molecular formula is C15H24N2S. The van der Waals surface area contributed by atoms with Crippen molar-refractivity contribution in [2.75, 3.05) is 18.0 Å². The second kappa shape index (κ2) is 5.98. The Hall–Kier alpha value is -0.670. The fourth-order valence-corrected chi connectivity index (χ4v) is 4.01. The van der Waals surface area contributed by atoms with Crippen molar-refractivity contribution in [2.24, 2.45) is 5.73 Å². The molecule has 0 saturated carbocycles. The number of nitrogens with two attached hydrogens (primary N) is 1. The summed E-state index contributed by atoms with van der Waals surface area (Å²) in [7, 11) is 0. The molecule has 18 heavy (non-hydrogen) atoms. The van der Waals surface area contributed by atoms with Gasteiger partial charge in [0.2, 0.25) is 0 Å². The van der Waals surface area contributed by atoms with Gasteiger partial charge < -0.3 is 10.6 Å². The Labute approximate surface area is 115 Å². The van der Waals surface area contributed by atoms with E-state index in [1.807, 2.05) is 0 Å². The van der Waals surface area contributed by atoms with Gasteiger partial charge in [-0.2, -0.15) is 11.8 Å². The predicted molar refractivity (Wildman–Crippen MR) is 82.4 cm³/mol. The van der Waals surface area contributed by atoms with Crippen LogP contribution < -0.4 is 10.6 Å². The quantitative estimate of drug-likeness (QED) is 0.907. The lowest BCUT2D eigenvalue weighted by molar-refractivity contribution is 0.677. The Morgan fingerprint density at radius 1 is 1.28 bits per heavy atom. The van der Waals surface area contributed by atoms with Crippen molar-refractivity contribution in [3.05, 3.63) is 29.8 Å². The smallest absolute Gasteiger partial charge is 0.0415 e. The number of nitrogens with zero attached hydrogens (tertiary/aromatic N) is 1. The first kappa shape index (κ1) is 13.8. The van der Waals surface area contributed by atoms with E-state index in [0.29, 0.717) is 10.5 Å². The van der Waals surface area contributed by atoms with Crippen LogP contribution in [0.2, 0.25) is 0 Å². The average molecular weight is 264 g/mol. The van der Waals surface area contributed by atoms with Crippen molar-refractivity contribution in [3.63, 3.8) is 0 Å². The fourth-order valence-electron chi connectivity index (χ4n) is 2.68. The molecule has 100 valence electrons. The highest BCUT2D eigenvalue weighted by Crippen LogP contribution is 2.32. The van der Waals surface area contributed by atoms with E-state index in [1.165, 1.54) is 11.3 Å². The van der Waals surface area contributed by atoms with Crippen molar-refractivity contribution >= 4 is 17.4 Å². The normalized spacial score (nSPS) is 26.1. The number of anilines is 1. The largest absolute Gasteiger partial charge is 0.369 e. The van der Waals surface area contributed by atoms with E-state index < -0.39 is 0 Å². The summed E-state index contributed by atoms with van der Waals surface area (Å²) in [5, 5.41) is 1.39. The molecule has 1 fully saturated rings. The van der Waals surface area contributed by atoms with Crippen LogP contribution in [0.25, 0.3) is 0 Å². The van der Waals surface area contributed by atoms with E-state index in [2.05, 4.69) is 61.7 Å². The molecule has 0 bridgehead atoms. The van der Waals surface area contributed by atoms with Crippen molar-refractivity contribution < 1.29 is 0 Å². The number of hydrogen-bond donors (Lipinski definition) is 1. The summed E-state index contributed by atoms with van der Waals surface area (Å²) in [6.07, 6.45) is 0.991. The molecule has 2 N–H and O–H groups in total. The number of para-hydroxylation sites is 1. The topological polar surface area (TPSA) is 29.3 Å². The van der Waals surface area contributed by atoms with Crippen LogP contribution in [0.1, 0.15) is 38.8 Å². The molecule has 3 atom stereocenters. The molecule has 0 radical (unpaired) electrons. The third-order valence-electron chi connectivity index (χ3n) is 3.54. The molecule has 1 aliphatic heterocycles. The van der Waals surface area contributed by atoms with E-state index >= 15 is 0 Å². The molecular weight excluding hydrogens is 240 g/mol. The first-order valence-electron chi connectivity index (χ1n) is 6.86. The van der Waals surface area contributed by atoms with Gasteiger partial charge in [0.25, 0.3) is 0 Å². The van der Waals surface area contributed by atoms with Crippen LogP contribution in [-0.4, -0.2) is 23.6 Å². The summed E-state index contributed by atoms with van der Waals surface area (Å²) in [6.45, 7) is 9.04. The van der Waals surface area contributed by atoms with E-state index in [1.54, 1.807) is 0 Å². The molecule has 1 aromatic rings. The SMILES string of the molecule is CC[C@@H](N)c1ccccc1N1CC(C)SC(C)C1. The van der Waals surface area contributed by atoms with Crippen LogP contribution in [0.15, 0.2) is 24.3 Å². The summed E-state index contributed by atoms with van der Waals surface area (Å²) in [4.78, 5) is 2.51. The Bertz CT molecular complexity index is 384. The number of thioether (sulfide) groups is 1. The molecule has 2 rings (SSSR count). The molecule has 0 aliphatic carbocycles. The van der Waals surface area contributed by atoms with Crippen LogP contribution in [0.4, 0.5) is 5.69 Å². The zero-order valence-electron chi connectivity index (χ0n) is 11.6. The maximum atomic E-state index is 6.24. The predicted octanol–water partition coefficient (Wildman–Crippen LogP) is 3.43. The van der Waals surface area contributed by atoms with E-state index in [-0.39, 0.29) is 6.04 Å². The third-order valence-corrected chi connectivity index (χ3v) is 4.76. The molecule has 1 heterocycles. The first-order chi connectivity index (χ1) is 8.61. The molecule has 3 heteroatoms. The first-order valence-corrected chi connectivity index (χ1v) is 7.81. The minimum absolute atomic E-state index is 0.154. The minimum atomic E-state index is 0.154. The lowest BCUT2D eigenvalue weighted by atomic mass is 10.0. The zero-order chi connectivity index (χ0) is 13.1. The zero-order valence-corrected chi connectivity index (χ0v) is 12.4. The minimum Gasteiger partial charge on any atom is -0.369 e. The fraction of sp³-hybridized carbons (Fsp3) is 0.600. The Balaban J connectivity index is 2.26. The van der Waals surface area contributed by atoms with Crippen LogP contribution in [0.3, 0.4) is 0 Å². The molecule has 0 amide bonds. The maximum absolute atomic E-state index is 6.24. The van der Waals surface area contributed by atoms with E-state index in [0.717, 1.165) is 19.5 Å². The average Bonchev–Trinajstić information content (AvgIpc) is 2.36. The van der Waals surface area contributed by atoms with Gasteiger partial charge in [-0.15, -0.1) is 0 Å². The monoisotopic (exact) mass is 264 g/mol. The van der Waals surface area contributed by atoms with Gasteiger partial charge in [-0.3, -0.25) is 0 Å². The Kier molecular flexibility index (Phi) is 4.57. The molecule has 0 aromatic heterocycles. The molecule has 1 aliphatic rings. The van der Waals surface area contributed by atoms with Crippen LogP contribution in [-0.2, 0) is 0 Å². The summed E-state index contributed by atoms with van der Waals surface area (Å²) >= 11 is 2.09. The lowest BCUT2D eigenvalue weighted by Gasteiger charge is -2.37. The van der Waals surface area contributed by atoms with Crippen molar-refractivity contribution in [1.29, 1.82) is 0 Å². The van der Waals surface area contributed by atoms with Crippen molar-refractivity contribution in [1.82, 2.24) is 0 Å². The van der Waals surface area contributed by atoms with Gasteiger partial charge in [-0.05, 0) is 18.1 Å². The summed E-state index contributed by atoms with van der Waals surface area (Å²) in [5.41, 5.74) is 8.88. The molecule has 2 unspecified atom stereocenters. The summed E-state index contributed by atoms with van der Waals surface area (Å²) in [5.74, 6) is 0. The van der Waals surface area contributed by atoms with Crippen LogP contribution in [0.5, 0.6) is 0 Å². The van der Waals surface area contributed by atoms with E-state index in [9.17, 15) is 0 Å². The Morgan fingerprint density at radius 3 is 2.50 bits per heavy atom. The number of benzene rings is 1. The highest BCUT2D eigenvalue weighted by molar-refractivity contribution is 8.00. The third kappa shape index (κ3) is 3.01. The van der Waals surface area contributed by atoms with Gasteiger partial charge in [-0.25, -0.2) is 0 Å². The highest BCUT2D eigenvalue weighted by atomic mass is 32.2. The van der Waals surface area contributed by atoms with Crippen molar-refractivity contribution in [3.8, 4) is 0 Å². The lowest BCUT2D eigenvalue weighted by Crippen LogP contribution is -2.41. The van der Waals surface area contributed by atoms with Crippen LogP contribution >= 0.6 is 11.8 Å². The molecule has 0 spiro atoms. The van der Waals surface area contributed by atoms with Gasteiger partial charge in [0, 0.05) is 35.3 Å². The molecule has 1 aromatic carbocycles. The molecule has 1 saturated heterocycles. The number of rotatable bonds is 3. The van der Waals surface area contributed by atoms with Gasteiger partial charge in [-0.1, -0.05) is 39.0 Å². The summed E-state index contributed by atoms with van der Waals surface area (Å²) < 4.78 is 0. The number of hydrogen-bond acceptors (Lipinski definition) is 3. The maximum Gasteiger partial charge on any atom is 0.0415 e. The highest BCUT2D eigenvalue weighted by Gasteiger charge is 2.24. The van der Waals surface area contributed by atoms with Crippen molar-refractivity contribution in [2.45, 2.75) is 43.7 Å². The van der Waals surface area contributed by atoms with Crippen LogP contribution in [0, 0.1) is 0 Å². The second-order valence-corrected chi connectivity index (χ2v) is 7.12. The van der Waals surface area contributed by atoms with E-state index in [4.69, 9.17) is 5.73 Å². The summed E-state index contributed by atoms with van der Waals surface area (Å²) in [6, 6.07) is 8.78.